The van der Waals surface area contributed by atoms with Crippen LogP contribution in [0.4, 0.5) is 5.69 Å². The van der Waals surface area contributed by atoms with E-state index in [1.165, 1.54) is 4.90 Å². The minimum absolute atomic E-state index is 0.102. The number of aryl methyl sites for hydroxylation is 2. The predicted molar refractivity (Wildman–Crippen MR) is 79.1 cm³/mol. The van der Waals surface area contributed by atoms with Gasteiger partial charge in [0, 0.05) is 17.3 Å². The lowest BCUT2D eigenvalue weighted by Gasteiger charge is -2.36. The summed E-state index contributed by atoms with van der Waals surface area (Å²) in [6.07, 6.45) is 0.821. The standard InChI is InChI=1S/C15H18BrNO2/c1-9-5-11(16)6-10(2)14(9)17-12(18)7-15(3,4)8-13(17)19/h5-6H,7-8H2,1-4H3. The Labute approximate surface area is 122 Å². The second-order valence-corrected chi connectivity index (χ2v) is 6.94. The van der Waals surface area contributed by atoms with Crippen LogP contribution in [0, 0.1) is 19.3 Å². The van der Waals surface area contributed by atoms with Gasteiger partial charge in [-0.15, -0.1) is 0 Å². The molecule has 3 nitrogen and oxygen atoms in total. The molecule has 4 heteroatoms. The summed E-state index contributed by atoms with van der Waals surface area (Å²) in [6, 6.07) is 3.87. The Morgan fingerprint density at radius 2 is 1.47 bits per heavy atom. The largest absolute Gasteiger partial charge is 0.274 e. The van der Waals surface area contributed by atoms with E-state index in [1.54, 1.807) is 0 Å². The molecule has 1 aromatic rings. The van der Waals surface area contributed by atoms with Gasteiger partial charge >= 0.3 is 0 Å². The first-order chi connectivity index (χ1) is 8.71. The van der Waals surface area contributed by atoms with Gasteiger partial charge in [-0.1, -0.05) is 29.8 Å². The molecule has 1 aliphatic rings. The van der Waals surface area contributed by atoms with E-state index in [4.69, 9.17) is 0 Å². The summed E-state index contributed by atoms with van der Waals surface area (Å²) in [5.41, 5.74) is 2.39. The number of imide groups is 1. The van der Waals surface area contributed by atoms with Crippen molar-refractivity contribution in [2.24, 2.45) is 5.41 Å². The number of piperidine rings is 1. The van der Waals surface area contributed by atoms with E-state index in [1.807, 2.05) is 39.8 Å². The summed E-state index contributed by atoms with van der Waals surface area (Å²) in [4.78, 5) is 26.0. The number of amides is 2. The lowest BCUT2D eigenvalue weighted by atomic mass is 9.81. The minimum Gasteiger partial charge on any atom is -0.274 e. The van der Waals surface area contributed by atoms with Crippen molar-refractivity contribution in [2.45, 2.75) is 40.5 Å². The number of carbonyl (C=O) groups is 2. The number of nitrogens with zero attached hydrogens (tertiary/aromatic N) is 1. The van der Waals surface area contributed by atoms with Crippen molar-refractivity contribution in [2.75, 3.05) is 4.90 Å². The topological polar surface area (TPSA) is 37.4 Å². The third-order valence-electron chi connectivity index (χ3n) is 3.44. The monoisotopic (exact) mass is 323 g/mol. The van der Waals surface area contributed by atoms with E-state index < -0.39 is 0 Å². The number of carbonyl (C=O) groups excluding carboxylic acids is 2. The maximum Gasteiger partial charge on any atom is 0.234 e. The van der Waals surface area contributed by atoms with Gasteiger partial charge in [0.2, 0.25) is 11.8 Å². The van der Waals surface area contributed by atoms with Crippen LogP contribution in [0.1, 0.15) is 37.8 Å². The van der Waals surface area contributed by atoms with Crippen molar-refractivity contribution in [3.8, 4) is 0 Å². The Balaban J connectivity index is 2.48. The summed E-state index contributed by atoms with van der Waals surface area (Å²) in [7, 11) is 0. The molecule has 1 saturated heterocycles. The third-order valence-corrected chi connectivity index (χ3v) is 3.90. The molecule has 19 heavy (non-hydrogen) atoms. The first kappa shape index (κ1) is 14.3. The third kappa shape index (κ3) is 2.73. The molecule has 0 N–H and O–H groups in total. The summed E-state index contributed by atoms with van der Waals surface area (Å²) in [5, 5.41) is 0. The van der Waals surface area contributed by atoms with Crippen LogP contribution in [0.25, 0.3) is 0 Å². The van der Waals surface area contributed by atoms with Crippen LogP contribution in [-0.2, 0) is 9.59 Å². The molecule has 0 aliphatic carbocycles. The highest BCUT2D eigenvalue weighted by molar-refractivity contribution is 9.10. The van der Waals surface area contributed by atoms with E-state index in [9.17, 15) is 9.59 Å². The average Bonchev–Trinajstić information content (AvgIpc) is 2.18. The van der Waals surface area contributed by atoms with E-state index in [0.717, 1.165) is 21.3 Å². The quantitative estimate of drug-likeness (QED) is 0.738. The number of hydrogen-bond acceptors (Lipinski definition) is 2. The summed E-state index contributed by atoms with van der Waals surface area (Å²) < 4.78 is 0.962. The SMILES string of the molecule is Cc1cc(Br)cc(C)c1N1C(=O)CC(C)(C)CC1=O. The zero-order chi connectivity index (χ0) is 14.4. The zero-order valence-electron chi connectivity index (χ0n) is 11.7. The molecular formula is C15H18BrNO2. The van der Waals surface area contributed by atoms with Crippen molar-refractivity contribution >= 4 is 33.4 Å². The Morgan fingerprint density at radius 3 is 1.89 bits per heavy atom. The van der Waals surface area contributed by atoms with Crippen molar-refractivity contribution in [1.82, 2.24) is 0 Å². The summed E-state index contributed by atoms with van der Waals surface area (Å²) >= 11 is 3.43. The lowest BCUT2D eigenvalue weighted by Crippen LogP contribution is -2.46. The highest BCUT2D eigenvalue weighted by atomic mass is 79.9. The van der Waals surface area contributed by atoms with E-state index in [2.05, 4.69) is 15.9 Å². The first-order valence-electron chi connectivity index (χ1n) is 6.34. The maximum atomic E-state index is 12.3. The van der Waals surface area contributed by atoms with Crippen LogP contribution < -0.4 is 4.90 Å². The molecule has 0 unspecified atom stereocenters. The summed E-state index contributed by atoms with van der Waals surface area (Å²) in [6.45, 7) is 7.77. The fourth-order valence-corrected chi connectivity index (χ4v) is 3.37. The molecule has 0 aromatic heterocycles. The first-order valence-corrected chi connectivity index (χ1v) is 7.13. The fraction of sp³-hybridized carbons (Fsp3) is 0.467. The van der Waals surface area contributed by atoms with Crippen LogP contribution in [0.2, 0.25) is 0 Å². The predicted octanol–water partition coefficient (Wildman–Crippen LogP) is 3.75. The number of rotatable bonds is 1. The molecule has 1 fully saturated rings. The molecule has 0 radical (unpaired) electrons. The fourth-order valence-electron chi connectivity index (χ4n) is 2.68. The Bertz CT molecular complexity index is 520. The van der Waals surface area contributed by atoms with Crippen LogP contribution >= 0.6 is 15.9 Å². The molecule has 0 spiro atoms. The van der Waals surface area contributed by atoms with Gasteiger partial charge in [0.15, 0.2) is 0 Å². The van der Waals surface area contributed by atoms with Crippen LogP contribution in [0.15, 0.2) is 16.6 Å². The van der Waals surface area contributed by atoms with Gasteiger partial charge < -0.3 is 0 Å². The van der Waals surface area contributed by atoms with E-state index in [0.29, 0.717) is 12.8 Å². The van der Waals surface area contributed by atoms with E-state index >= 15 is 0 Å². The Kier molecular flexibility index (Phi) is 3.56. The second kappa shape index (κ2) is 4.75. The molecular weight excluding hydrogens is 306 g/mol. The van der Waals surface area contributed by atoms with Crippen molar-refractivity contribution in [3.63, 3.8) is 0 Å². The molecule has 102 valence electrons. The minimum atomic E-state index is -0.234. The summed E-state index contributed by atoms with van der Waals surface area (Å²) in [5.74, 6) is -0.204. The van der Waals surface area contributed by atoms with Crippen LogP contribution in [0.3, 0.4) is 0 Å². The van der Waals surface area contributed by atoms with E-state index in [-0.39, 0.29) is 17.2 Å². The van der Waals surface area contributed by atoms with Gasteiger partial charge in [-0.3, -0.25) is 14.5 Å². The van der Waals surface area contributed by atoms with Crippen molar-refractivity contribution in [3.05, 3.63) is 27.7 Å². The molecule has 0 bridgehead atoms. The second-order valence-electron chi connectivity index (χ2n) is 6.03. The van der Waals surface area contributed by atoms with Gasteiger partial charge in [-0.25, -0.2) is 0 Å². The Hall–Kier alpha value is -1.16. The maximum absolute atomic E-state index is 12.3. The normalized spacial score (nSPS) is 18.9. The number of halogens is 1. The van der Waals surface area contributed by atoms with Crippen molar-refractivity contribution in [1.29, 1.82) is 0 Å². The highest BCUT2D eigenvalue weighted by Crippen LogP contribution is 2.37. The van der Waals surface area contributed by atoms with Gasteiger partial charge in [-0.2, -0.15) is 0 Å². The molecule has 1 aliphatic heterocycles. The lowest BCUT2D eigenvalue weighted by molar-refractivity contribution is -0.132. The zero-order valence-corrected chi connectivity index (χ0v) is 13.3. The smallest absolute Gasteiger partial charge is 0.234 e. The molecule has 1 heterocycles. The number of hydrogen-bond donors (Lipinski definition) is 0. The van der Waals surface area contributed by atoms with Crippen LogP contribution in [-0.4, -0.2) is 11.8 Å². The highest BCUT2D eigenvalue weighted by Gasteiger charge is 2.39. The Morgan fingerprint density at radius 1 is 1.05 bits per heavy atom. The van der Waals surface area contributed by atoms with Crippen LogP contribution in [0.5, 0.6) is 0 Å². The van der Waals surface area contributed by atoms with Gasteiger partial charge in [0.1, 0.15) is 0 Å². The molecule has 2 amide bonds. The average molecular weight is 324 g/mol. The van der Waals surface area contributed by atoms with Crippen molar-refractivity contribution < 1.29 is 9.59 Å². The molecule has 1 aromatic carbocycles. The van der Waals surface area contributed by atoms with Gasteiger partial charge in [0.05, 0.1) is 5.69 Å². The van der Waals surface area contributed by atoms with Gasteiger partial charge in [-0.05, 0) is 42.5 Å². The molecule has 0 saturated carbocycles. The number of anilines is 1. The molecule has 0 atom stereocenters. The molecule has 2 rings (SSSR count). The van der Waals surface area contributed by atoms with Gasteiger partial charge in [0.25, 0.3) is 0 Å². The number of benzene rings is 1.